The number of amidine groups is 1. The van der Waals surface area contributed by atoms with Gasteiger partial charge in [-0.15, -0.1) is 0 Å². The molecule has 0 unspecified atom stereocenters. The Hall–Kier alpha value is -3.05. The third kappa shape index (κ3) is 4.58. The maximum atomic E-state index is 13.4. The molecule has 0 bridgehead atoms. The highest BCUT2D eigenvalue weighted by Crippen LogP contribution is 2.38. The Balaban J connectivity index is 1.79. The van der Waals surface area contributed by atoms with Gasteiger partial charge >= 0.3 is 0 Å². The number of benzene rings is 3. The number of hydrogen-bond donors (Lipinski definition) is 0. The van der Waals surface area contributed by atoms with Gasteiger partial charge in [0.1, 0.15) is 5.75 Å². The maximum absolute atomic E-state index is 13.4. The molecule has 1 heterocycles. The van der Waals surface area contributed by atoms with Crippen LogP contribution < -0.4 is 4.74 Å². The smallest absolute Gasteiger partial charge is 0.266 e. The molecule has 0 N–H and O–H groups in total. The summed E-state index contributed by atoms with van der Waals surface area (Å²) in [5.41, 5.74) is 2.96. The molecule has 0 saturated carbocycles. The van der Waals surface area contributed by atoms with Gasteiger partial charge < -0.3 is 4.74 Å². The second-order valence-electron chi connectivity index (χ2n) is 8.16. The van der Waals surface area contributed by atoms with Crippen LogP contribution in [0, 0.1) is 6.92 Å². The zero-order valence-electron chi connectivity index (χ0n) is 19.0. The van der Waals surface area contributed by atoms with Crippen LogP contribution in [0.2, 0.25) is 0 Å². The highest BCUT2D eigenvalue weighted by atomic mass is 32.2. The monoisotopic (exact) mass is 444 g/mol. The van der Waals surface area contributed by atoms with Gasteiger partial charge in [-0.2, -0.15) is 0 Å². The molecule has 1 saturated heterocycles. The van der Waals surface area contributed by atoms with E-state index in [1.165, 1.54) is 17.3 Å². The molecule has 0 aromatic heterocycles. The number of ether oxygens (including phenoxy) is 1. The van der Waals surface area contributed by atoms with Crippen molar-refractivity contribution in [3.05, 3.63) is 76.7 Å². The van der Waals surface area contributed by atoms with Crippen molar-refractivity contribution in [2.45, 2.75) is 40.2 Å². The summed E-state index contributed by atoms with van der Waals surface area (Å²) in [5.74, 6) is 0.775. The molecule has 4 nitrogen and oxygen atoms in total. The molecular weight excluding hydrogens is 416 g/mol. The molecule has 1 amide bonds. The fourth-order valence-electron chi connectivity index (χ4n) is 3.64. The van der Waals surface area contributed by atoms with Crippen molar-refractivity contribution in [3.63, 3.8) is 0 Å². The molecule has 164 valence electrons. The van der Waals surface area contributed by atoms with Gasteiger partial charge in [-0.1, -0.05) is 55.0 Å². The number of aliphatic imine (C=N–C) groups is 1. The van der Waals surface area contributed by atoms with E-state index in [1.54, 1.807) is 4.90 Å². The first-order chi connectivity index (χ1) is 15.5. The second-order valence-corrected chi connectivity index (χ2v) is 9.17. The molecule has 0 aliphatic carbocycles. The third-order valence-corrected chi connectivity index (χ3v) is 6.26. The quantitative estimate of drug-likeness (QED) is 0.386. The van der Waals surface area contributed by atoms with E-state index in [4.69, 9.17) is 9.73 Å². The van der Waals surface area contributed by atoms with E-state index in [0.717, 1.165) is 34.2 Å². The van der Waals surface area contributed by atoms with E-state index in [9.17, 15) is 4.79 Å². The third-order valence-electron chi connectivity index (χ3n) is 5.28. The molecule has 0 radical (unpaired) electrons. The van der Waals surface area contributed by atoms with Crippen LogP contribution in [0.1, 0.15) is 38.3 Å². The first-order valence-corrected chi connectivity index (χ1v) is 11.8. The van der Waals surface area contributed by atoms with Gasteiger partial charge in [0, 0.05) is 11.6 Å². The molecule has 0 atom stereocenters. The standard InChI is InChI=1S/C27H28N2O2S/c1-5-16-31-24-15-12-20-8-6-7-9-22(20)23(24)17-25-26(30)29(18(2)3)27(32-25)28-21-13-10-19(4)11-14-21/h6-15,17-18H,5,16H2,1-4H3/b25-17+,28-27?. The van der Waals surface area contributed by atoms with Crippen molar-refractivity contribution in [2.24, 2.45) is 4.99 Å². The van der Waals surface area contributed by atoms with Gasteiger partial charge in [0.05, 0.1) is 17.2 Å². The molecule has 3 aromatic rings. The summed E-state index contributed by atoms with van der Waals surface area (Å²) in [5, 5.41) is 2.89. The Morgan fingerprint density at radius 2 is 1.81 bits per heavy atom. The van der Waals surface area contributed by atoms with Gasteiger partial charge in [0.15, 0.2) is 5.17 Å². The molecule has 1 aliphatic rings. The predicted octanol–water partition coefficient (Wildman–Crippen LogP) is 6.95. The van der Waals surface area contributed by atoms with Crippen LogP contribution in [0.5, 0.6) is 5.75 Å². The number of rotatable bonds is 6. The minimum absolute atomic E-state index is 0.00780. The maximum Gasteiger partial charge on any atom is 0.266 e. The molecule has 0 spiro atoms. The van der Waals surface area contributed by atoms with Crippen LogP contribution in [0.25, 0.3) is 16.8 Å². The minimum atomic E-state index is -0.0229. The Kier molecular flexibility index (Phi) is 6.66. The van der Waals surface area contributed by atoms with Gasteiger partial charge in [-0.25, -0.2) is 4.99 Å². The average Bonchev–Trinajstić information content (AvgIpc) is 3.09. The van der Waals surface area contributed by atoms with Crippen LogP contribution in [-0.4, -0.2) is 28.6 Å². The normalized spacial score (nSPS) is 16.7. The van der Waals surface area contributed by atoms with Crippen molar-refractivity contribution in [2.75, 3.05) is 6.61 Å². The summed E-state index contributed by atoms with van der Waals surface area (Å²) >= 11 is 1.42. The molecule has 1 fully saturated rings. The first kappa shape index (κ1) is 22.2. The summed E-state index contributed by atoms with van der Waals surface area (Å²) in [6.45, 7) is 8.80. The van der Waals surface area contributed by atoms with Crippen LogP contribution in [-0.2, 0) is 4.79 Å². The van der Waals surface area contributed by atoms with Gasteiger partial charge in [0.25, 0.3) is 5.91 Å². The van der Waals surface area contributed by atoms with Gasteiger partial charge in [0.2, 0.25) is 0 Å². The number of amides is 1. The van der Waals surface area contributed by atoms with Crippen molar-refractivity contribution < 1.29 is 9.53 Å². The summed E-state index contributed by atoms with van der Waals surface area (Å²) in [4.78, 5) is 20.6. The van der Waals surface area contributed by atoms with Crippen molar-refractivity contribution >= 4 is 45.4 Å². The molecule has 1 aliphatic heterocycles. The lowest BCUT2D eigenvalue weighted by Crippen LogP contribution is -2.35. The van der Waals surface area contributed by atoms with Crippen LogP contribution in [0.4, 0.5) is 5.69 Å². The summed E-state index contributed by atoms with van der Waals surface area (Å²) < 4.78 is 6.04. The lowest BCUT2D eigenvalue weighted by Gasteiger charge is -2.19. The van der Waals surface area contributed by atoms with Crippen LogP contribution in [0.15, 0.2) is 70.6 Å². The van der Waals surface area contributed by atoms with Crippen molar-refractivity contribution in [3.8, 4) is 5.75 Å². The summed E-state index contributed by atoms with van der Waals surface area (Å²) in [7, 11) is 0. The lowest BCUT2D eigenvalue weighted by molar-refractivity contribution is -0.123. The minimum Gasteiger partial charge on any atom is -0.493 e. The lowest BCUT2D eigenvalue weighted by atomic mass is 10.0. The molecule has 5 heteroatoms. The van der Waals surface area contributed by atoms with E-state index in [2.05, 4.69) is 32.0 Å². The Morgan fingerprint density at radius 1 is 1.06 bits per heavy atom. The number of nitrogens with zero attached hydrogens (tertiary/aromatic N) is 2. The van der Waals surface area contributed by atoms with Crippen molar-refractivity contribution in [1.29, 1.82) is 0 Å². The highest BCUT2D eigenvalue weighted by Gasteiger charge is 2.35. The zero-order chi connectivity index (χ0) is 22.7. The fourth-order valence-corrected chi connectivity index (χ4v) is 4.75. The van der Waals surface area contributed by atoms with E-state index in [-0.39, 0.29) is 11.9 Å². The van der Waals surface area contributed by atoms with E-state index >= 15 is 0 Å². The van der Waals surface area contributed by atoms with Crippen LogP contribution >= 0.6 is 11.8 Å². The number of hydrogen-bond acceptors (Lipinski definition) is 4. The largest absolute Gasteiger partial charge is 0.493 e. The topological polar surface area (TPSA) is 41.9 Å². The first-order valence-electron chi connectivity index (χ1n) is 11.0. The molecule has 3 aromatic carbocycles. The number of carbonyl (C=O) groups is 1. The fraction of sp³-hybridized carbons (Fsp3) is 0.259. The van der Waals surface area contributed by atoms with Gasteiger partial charge in [-0.3, -0.25) is 9.69 Å². The summed E-state index contributed by atoms with van der Waals surface area (Å²) in [6.07, 6.45) is 2.89. The van der Waals surface area contributed by atoms with Crippen molar-refractivity contribution in [1.82, 2.24) is 4.90 Å². The Bertz CT molecular complexity index is 1200. The number of thioether (sulfide) groups is 1. The average molecular weight is 445 g/mol. The number of fused-ring (bicyclic) bond motifs is 1. The van der Waals surface area contributed by atoms with Gasteiger partial charge in [-0.05, 0) is 74.0 Å². The van der Waals surface area contributed by atoms with E-state index in [0.29, 0.717) is 16.7 Å². The van der Waals surface area contributed by atoms with Crippen LogP contribution in [0.3, 0.4) is 0 Å². The predicted molar refractivity (Wildman–Crippen MR) is 136 cm³/mol. The molecule has 32 heavy (non-hydrogen) atoms. The summed E-state index contributed by atoms with van der Waals surface area (Å²) in [6, 6.07) is 20.3. The SMILES string of the molecule is CCCOc1ccc2ccccc2c1/C=C1/SC(=Nc2ccc(C)cc2)N(C(C)C)C1=O. The highest BCUT2D eigenvalue weighted by molar-refractivity contribution is 8.18. The zero-order valence-corrected chi connectivity index (χ0v) is 19.8. The molecule has 4 rings (SSSR count). The number of aryl methyl sites for hydroxylation is 1. The molecular formula is C27H28N2O2S. The number of carbonyl (C=O) groups excluding carboxylic acids is 1. The Morgan fingerprint density at radius 3 is 2.53 bits per heavy atom. The second kappa shape index (κ2) is 9.61. The van der Waals surface area contributed by atoms with E-state index in [1.807, 2.05) is 62.4 Å². The Labute approximate surface area is 194 Å². The van der Waals surface area contributed by atoms with E-state index < -0.39 is 0 Å².